The number of fused-ring (bicyclic) bond motifs is 1. The number of benzene rings is 2. The van der Waals surface area contributed by atoms with Gasteiger partial charge in [0.1, 0.15) is 19.0 Å². The summed E-state index contributed by atoms with van der Waals surface area (Å²) in [6.45, 7) is 6.04. The van der Waals surface area contributed by atoms with Crippen molar-refractivity contribution >= 4 is 11.6 Å². The Balaban J connectivity index is 1.26. The molecule has 7 nitrogen and oxygen atoms in total. The fraction of sp³-hybridized carbons (Fsp3) is 0.435. The first kappa shape index (κ1) is 20.3. The van der Waals surface area contributed by atoms with E-state index in [1.165, 1.54) is 10.6 Å². The van der Waals surface area contributed by atoms with Gasteiger partial charge >= 0.3 is 0 Å². The van der Waals surface area contributed by atoms with E-state index >= 15 is 0 Å². The number of quaternary nitrogens is 1. The molecular weight excluding hydrogens is 382 g/mol. The number of carbonyl (C=O) groups is 1. The minimum atomic E-state index is 0.165. The van der Waals surface area contributed by atoms with Gasteiger partial charge in [-0.1, -0.05) is 6.07 Å². The van der Waals surface area contributed by atoms with E-state index in [9.17, 15) is 4.79 Å². The van der Waals surface area contributed by atoms with Crippen LogP contribution in [0.3, 0.4) is 0 Å². The quantitative estimate of drug-likeness (QED) is 0.762. The van der Waals surface area contributed by atoms with Gasteiger partial charge in [0.25, 0.3) is 5.91 Å². The number of likely N-dealkylation sites (N-methyl/N-ethyl adjacent to an activating group) is 1. The molecule has 1 N–H and O–H groups in total. The molecule has 1 fully saturated rings. The van der Waals surface area contributed by atoms with Gasteiger partial charge in [-0.2, -0.15) is 0 Å². The first-order valence-corrected chi connectivity index (χ1v) is 10.5. The Hall–Kier alpha value is -2.93. The summed E-state index contributed by atoms with van der Waals surface area (Å²) in [5, 5.41) is 0. The average Bonchev–Trinajstić information content (AvgIpc) is 2.79. The summed E-state index contributed by atoms with van der Waals surface area (Å²) in [5.74, 6) is 2.57. The van der Waals surface area contributed by atoms with Crippen molar-refractivity contribution < 1.29 is 23.9 Å². The van der Waals surface area contributed by atoms with E-state index in [1.54, 1.807) is 12.0 Å². The van der Waals surface area contributed by atoms with Gasteiger partial charge in [-0.25, -0.2) is 0 Å². The normalized spacial score (nSPS) is 16.3. The molecule has 0 unspecified atom stereocenters. The van der Waals surface area contributed by atoms with Gasteiger partial charge in [0.2, 0.25) is 0 Å². The minimum Gasteiger partial charge on any atom is -0.497 e. The molecular formula is C23H30N3O4+. The summed E-state index contributed by atoms with van der Waals surface area (Å²) >= 11 is 0. The summed E-state index contributed by atoms with van der Waals surface area (Å²) in [6, 6.07) is 14.1. The highest BCUT2D eigenvalue weighted by atomic mass is 16.6. The van der Waals surface area contributed by atoms with Crippen molar-refractivity contribution in [2.24, 2.45) is 0 Å². The summed E-state index contributed by atoms with van der Waals surface area (Å²) in [7, 11) is 3.55. The number of rotatable bonds is 6. The highest BCUT2D eigenvalue weighted by Gasteiger charge is 2.24. The van der Waals surface area contributed by atoms with Gasteiger partial charge < -0.3 is 28.9 Å². The molecule has 7 heteroatoms. The van der Waals surface area contributed by atoms with Gasteiger partial charge in [0.05, 0.1) is 33.3 Å². The SMILES string of the molecule is COc1ccc(N2CC[NH+](CC(=O)N(C)Cc3ccc4c(c3)OCCO4)CC2)cc1. The number of methoxy groups -OCH3 is 1. The molecule has 1 saturated heterocycles. The Bertz CT molecular complexity index is 863. The van der Waals surface area contributed by atoms with Crippen LogP contribution in [0.4, 0.5) is 5.69 Å². The molecule has 0 saturated carbocycles. The second kappa shape index (κ2) is 9.26. The van der Waals surface area contributed by atoms with Crippen molar-refractivity contribution in [2.75, 3.05) is 65.0 Å². The van der Waals surface area contributed by atoms with E-state index in [0.29, 0.717) is 26.3 Å². The van der Waals surface area contributed by atoms with Crippen molar-refractivity contribution in [2.45, 2.75) is 6.54 Å². The molecule has 0 radical (unpaired) electrons. The summed E-state index contributed by atoms with van der Waals surface area (Å²) < 4.78 is 16.4. The highest BCUT2D eigenvalue weighted by molar-refractivity contribution is 5.76. The van der Waals surface area contributed by atoms with Crippen LogP contribution in [0.1, 0.15) is 5.56 Å². The van der Waals surface area contributed by atoms with E-state index in [-0.39, 0.29) is 5.91 Å². The van der Waals surface area contributed by atoms with Gasteiger partial charge in [0.15, 0.2) is 18.0 Å². The standard InChI is InChI=1S/C23H29N3O4/c1-24(16-18-3-8-21-22(15-18)30-14-13-29-21)23(27)17-25-9-11-26(12-10-25)19-4-6-20(28-2)7-5-19/h3-8,15H,9-14,16-17H2,1-2H3/p+1. The monoisotopic (exact) mass is 412 g/mol. The topological polar surface area (TPSA) is 55.7 Å². The van der Waals surface area contributed by atoms with Crippen molar-refractivity contribution in [3.8, 4) is 17.2 Å². The van der Waals surface area contributed by atoms with E-state index in [0.717, 1.165) is 49.0 Å². The number of ether oxygens (including phenoxy) is 3. The molecule has 30 heavy (non-hydrogen) atoms. The molecule has 1 amide bonds. The van der Waals surface area contributed by atoms with Crippen LogP contribution in [0.15, 0.2) is 42.5 Å². The third-order valence-electron chi connectivity index (χ3n) is 5.76. The summed E-state index contributed by atoms with van der Waals surface area (Å²) in [6.07, 6.45) is 0. The first-order chi connectivity index (χ1) is 14.6. The third-order valence-corrected chi connectivity index (χ3v) is 5.76. The molecule has 160 valence electrons. The predicted octanol–water partition coefficient (Wildman–Crippen LogP) is 0.830. The maximum Gasteiger partial charge on any atom is 0.277 e. The lowest BCUT2D eigenvalue weighted by Gasteiger charge is -2.34. The molecule has 0 aliphatic carbocycles. The third kappa shape index (κ3) is 4.79. The van der Waals surface area contributed by atoms with E-state index < -0.39 is 0 Å². The van der Waals surface area contributed by atoms with Gasteiger partial charge in [-0.3, -0.25) is 4.79 Å². The van der Waals surface area contributed by atoms with Gasteiger partial charge in [0, 0.05) is 19.3 Å². The molecule has 2 aromatic carbocycles. The molecule has 4 rings (SSSR count). The number of nitrogens with one attached hydrogen (secondary N) is 1. The lowest BCUT2D eigenvalue weighted by atomic mass is 10.2. The van der Waals surface area contributed by atoms with E-state index in [1.807, 2.05) is 37.4 Å². The zero-order valence-electron chi connectivity index (χ0n) is 17.7. The molecule has 0 bridgehead atoms. The molecule has 2 heterocycles. The van der Waals surface area contributed by atoms with Crippen LogP contribution in [0.2, 0.25) is 0 Å². The lowest BCUT2D eigenvalue weighted by molar-refractivity contribution is -0.892. The zero-order chi connectivity index (χ0) is 20.9. The van der Waals surface area contributed by atoms with Crippen molar-refractivity contribution in [3.63, 3.8) is 0 Å². The Kier molecular flexibility index (Phi) is 6.28. The van der Waals surface area contributed by atoms with Crippen molar-refractivity contribution in [3.05, 3.63) is 48.0 Å². The molecule has 2 aliphatic heterocycles. The first-order valence-electron chi connectivity index (χ1n) is 10.5. The smallest absolute Gasteiger partial charge is 0.277 e. The van der Waals surface area contributed by atoms with Crippen LogP contribution in [0, 0.1) is 0 Å². The molecule has 0 spiro atoms. The van der Waals surface area contributed by atoms with Gasteiger partial charge in [-0.15, -0.1) is 0 Å². The van der Waals surface area contributed by atoms with Crippen LogP contribution in [-0.2, 0) is 11.3 Å². The predicted molar refractivity (Wildman–Crippen MR) is 115 cm³/mol. The summed E-state index contributed by atoms with van der Waals surface area (Å²) in [5.41, 5.74) is 2.26. The molecule has 2 aliphatic rings. The molecule has 2 aromatic rings. The zero-order valence-corrected chi connectivity index (χ0v) is 17.7. The Labute approximate surface area is 177 Å². The fourth-order valence-corrected chi connectivity index (χ4v) is 3.95. The lowest BCUT2D eigenvalue weighted by Crippen LogP contribution is -3.15. The Morgan fingerprint density at radius 2 is 1.77 bits per heavy atom. The van der Waals surface area contributed by atoms with Crippen molar-refractivity contribution in [1.82, 2.24) is 4.90 Å². The minimum absolute atomic E-state index is 0.165. The van der Waals surface area contributed by atoms with Crippen LogP contribution >= 0.6 is 0 Å². The van der Waals surface area contributed by atoms with Crippen molar-refractivity contribution in [1.29, 1.82) is 0 Å². The second-order valence-corrected chi connectivity index (χ2v) is 7.84. The molecule has 0 atom stereocenters. The Morgan fingerprint density at radius 3 is 2.47 bits per heavy atom. The Morgan fingerprint density at radius 1 is 1.07 bits per heavy atom. The molecule has 0 aromatic heterocycles. The largest absolute Gasteiger partial charge is 0.497 e. The van der Waals surface area contributed by atoms with E-state index in [2.05, 4.69) is 17.0 Å². The van der Waals surface area contributed by atoms with Crippen LogP contribution in [0.25, 0.3) is 0 Å². The van der Waals surface area contributed by atoms with Crippen LogP contribution < -0.4 is 24.0 Å². The number of anilines is 1. The number of piperazine rings is 1. The van der Waals surface area contributed by atoms with Gasteiger partial charge in [-0.05, 0) is 42.0 Å². The number of hydrogen-bond donors (Lipinski definition) is 1. The van der Waals surface area contributed by atoms with Crippen LogP contribution in [0.5, 0.6) is 17.2 Å². The number of nitrogens with zero attached hydrogens (tertiary/aromatic N) is 2. The highest BCUT2D eigenvalue weighted by Crippen LogP contribution is 2.31. The number of amides is 1. The summed E-state index contributed by atoms with van der Waals surface area (Å²) in [4.78, 5) is 18.2. The maximum atomic E-state index is 12.7. The fourth-order valence-electron chi connectivity index (χ4n) is 3.95. The van der Waals surface area contributed by atoms with Crippen LogP contribution in [-0.4, -0.2) is 70.9 Å². The number of hydrogen-bond acceptors (Lipinski definition) is 5. The number of carbonyl (C=O) groups excluding carboxylic acids is 1. The second-order valence-electron chi connectivity index (χ2n) is 7.84. The average molecular weight is 413 g/mol. The maximum absolute atomic E-state index is 12.7. The van der Waals surface area contributed by atoms with E-state index in [4.69, 9.17) is 14.2 Å².